The Morgan fingerprint density at radius 2 is 0.596 bits per heavy atom. The molecule has 0 spiro atoms. The lowest BCUT2D eigenvalue weighted by Gasteiger charge is -2.17. The molecule has 0 fully saturated rings. The summed E-state index contributed by atoms with van der Waals surface area (Å²) in [4.78, 5) is 0. The van der Waals surface area contributed by atoms with Crippen molar-refractivity contribution in [3.05, 3.63) is 206 Å². The van der Waals surface area contributed by atoms with Crippen LogP contribution in [0.3, 0.4) is 0 Å². The highest BCUT2D eigenvalue weighted by atomic mass is 14.2. The second-order valence-electron chi connectivity index (χ2n) is 13.7. The van der Waals surface area contributed by atoms with E-state index in [9.17, 15) is 0 Å². The zero-order valence-electron chi connectivity index (χ0n) is 28.6. The van der Waals surface area contributed by atoms with E-state index in [0.29, 0.717) is 0 Å². The van der Waals surface area contributed by atoms with E-state index in [4.69, 9.17) is 0 Å². The Morgan fingerprint density at radius 1 is 0.173 bits per heavy atom. The first-order valence-corrected chi connectivity index (χ1v) is 18.0. The Balaban J connectivity index is 1.18. The highest BCUT2D eigenvalue weighted by molar-refractivity contribution is 6.16. The van der Waals surface area contributed by atoms with E-state index in [-0.39, 0.29) is 0 Å². The maximum Gasteiger partial charge on any atom is -0.00928 e. The molecule has 10 aromatic rings. The van der Waals surface area contributed by atoms with Gasteiger partial charge in [0.1, 0.15) is 0 Å². The molecule has 0 bridgehead atoms. The number of hydrogen-bond donors (Lipinski definition) is 0. The summed E-state index contributed by atoms with van der Waals surface area (Å²) in [6.07, 6.45) is 0. The van der Waals surface area contributed by atoms with Crippen molar-refractivity contribution in [2.24, 2.45) is 0 Å². The van der Waals surface area contributed by atoms with Gasteiger partial charge in [-0.25, -0.2) is 0 Å². The molecule has 0 saturated carbocycles. The second kappa shape index (κ2) is 12.5. The third kappa shape index (κ3) is 5.34. The minimum absolute atomic E-state index is 1.22. The Labute approximate surface area is 303 Å². The van der Waals surface area contributed by atoms with Crippen LogP contribution in [0.4, 0.5) is 0 Å². The summed E-state index contributed by atoms with van der Waals surface area (Å²) in [5.74, 6) is 0. The van der Waals surface area contributed by atoms with Crippen molar-refractivity contribution in [1.29, 1.82) is 0 Å². The van der Waals surface area contributed by atoms with E-state index in [1.807, 2.05) is 0 Å². The minimum Gasteiger partial charge on any atom is -0.0622 e. The van der Waals surface area contributed by atoms with Crippen LogP contribution in [0.15, 0.2) is 206 Å². The molecule has 10 aromatic carbocycles. The van der Waals surface area contributed by atoms with Crippen molar-refractivity contribution in [3.8, 4) is 55.6 Å². The SMILES string of the molecule is c1ccc(-c2ccc(-c3ccc4c(c3)cc(-c3ccc5ccccc5c3)c3cc(-c5cc6ccccc6cc5-c5ccccc5)ccc34)cc2)cc1. The molecule has 0 atom stereocenters. The average molecular weight is 659 g/mol. The molecule has 0 nitrogen and oxygen atoms in total. The third-order valence-electron chi connectivity index (χ3n) is 10.6. The van der Waals surface area contributed by atoms with E-state index in [1.165, 1.54) is 98.7 Å². The predicted molar refractivity (Wildman–Crippen MR) is 224 cm³/mol. The fraction of sp³-hybridized carbons (Fsp3) is 0. The summed E-state index contributed by atoms with van der Waals surface area (Å²) in [5.41, 5.74) is 12.3. The Kier molecular flexibility index (Phi) is 7.25. The van der Waals surface area contributed by atoms with E-state index < -0.39 is 0 Å². The second-order valence-corrected chi connectivity index (χ2v) is 13.7. The molecule has 0 heterocycles. The van der Waals surface area contributed by atoms with E-state index in [0.717, 1.165) is 0 Å². The van der Waals surface area contributed by atoms with Gasteiger partial charge in [-0.3, -0.25) is 0 Å². The quantitative estimate of drug-likeness (QED) is 0.161. The van der Waals surface area contributed by atoms with Crippen molar-refractivity contribution >= 4 is 43.1 Å². The lowest BCUT2D eigenvalue weighted by molar-refractivity contribution is 1.60. The van der Waals surface area contributed by atoms with Crippen molar-refractivity contribution in [1.82, 2.24) is 0 Å². The van der Waals surface area contributed by atoms with Gasteiger partial charge in [-0.2, -0.15) is 0 Å². The summed E-state index contributed by atoms with van der Waals surface area (Å²) in [6.45, 7) is 0. The van der Waals surface area contributed by atoms with Crippen LogP contribution in [-0.2, 0) is 0 Å². The van der Waals surface area contributed by atoms with Crippen molar-refractivity contribution < 1.29 is 0 Å². The molecule has 0 aliphatic carbocycles. The zero-order chi connectivity index (χ0) is 34.4. The van der Waals surface area contributed by atoms with Crippen LogP contribution in [0.1, 0.15) is 0 Å². The summed E-state index contributed by atoms with van der Waals surface area (Å²) >= 11 is 0. The molecule has 10 rings (SSSR count). The highest BCUT2D eigenvalue weighted by Crippen LogP contribution is 2.42. The minimum atomic E-state index is 1.22. The molecule has 0 N–H and O–H groups in total. The van der Waals surface area contributed by atoms with Crippen LogP contribution in [0, 0.1) is 0 Å². The van der Waals surface area contributed by atoms with Gasteiger partial charge in [-0.1, -0.05) is 170 Å². The molecule has 0 aliphatic heterocycles. The largest absolute Gasteiger partial charge is 0.0622 e. The van der Waals surface area contributed by atoms with Gasteiger partial charge in [0.25, 0.3) is 0 Å². The van der Waals surface area contributed by atoms with Crippen LogP contribution >= 0.6 is 0 Å². The first-order valence-electron chi connectivity index (χ1n) is 18.0. The van der Waals surface area contributed by atoms with Crippen LogP contribution in [0.5, 0.6) is 0 Å². The Hall–Kier alpha value is -6.76. The first-order chi connectivity index (χ1) is 25.7. The number of rotatable bonds is 5. The van der Waals surface area contributed by atoms with Crippen LogP contribution in [0.25, 0.3) is 98.7 Å². The number of fused-ring (bicyclic) bond motifs is 5. The van der Waals surface area contributed by atoms with Gasteiger partial charge < -0.3 is 0 Å². The van der Waals surface area contributed by atoms with Gasteiger partial charge in [0, 0.05) is 0 Å². The monoisotopic (exact) mass is 658 g/mol. The molecule has 0 heteroatoms. The van der Waals surface area contributed by atoms with Crippen molar-refractivity contribution in [3.63, 3.8) is 0 Å². The molecule has 0 aromatic heterocycles. The molecular formula is C52H34. The van der Waals surface area contributed by atoms with Crippen LogP contribution in [0.2, 0.25) is 0 Å². The standard InChI is InChI=1S/C52H34/c1-3-11-35(12-4-1)37-19-21-38(22-20-37)43-25-27-47-46(30-43)34-51(44-24-23-36-13-7-8-16-40(36)29-44)52-33-45(26-28-48(47)52)50-32-42-18-10-9-17-41(42)31-49(50)39-14-5-2-6-15-39/h1-34H. The van der Waals surface area contributed by atoms with Crippen molar-refractivity contribution in [2.45, 2.75) is 0 Å². The smallest absolute Gasteiger partial charge is 0.00928 e. The maximum absolute atomic E-state index is 2.42. The number of hydrogen-bond acceptors (Lipinski definition) is 0. The van der Waals surface area contributed by atoms with Gasteiger partial charge >= 0.3 is 0 Å². The first kappa shape index (κ1) is 30.1. The molecular weight excluding hydrogens is 625 g/mol. The lowest BCUT2D eigenvalue weighted by Crippen LogP contribution is -1.90. The van der Waals surface area contributed by atoms with E-state index >= 15 is 0 Å². The van der Waals surface area contributed by atoms with Crippen molar-refractivity contribution in [2.75, 3.05) is 0 Å². The van der Waals surface area contributed by atoms with Crippen LogP contribution < -0.4 is 0 Å². The Morgan fingerprint density at radius 3 is 1.29 bits per heavy atom. The van der Waals surface area contributed by atoms with Gasteiger partial charge in [0.05, 0.1) is 0 Å². The fourth-order valence-corrected chi connectivity index (χ4v) is 7.93. The van der Waals surface area contributed by atoms with Gasteiger partial charge in [-0.05, 0) is 135 Å². The predicted octanol–water partition coefficient (Wildman–Crippen LogP) is 14.6. The third-order valence-corrected chi connectivity index (χ3v) is 10.6. The van der Waals surface area contributed by atoms with E-state index in [1.54, 1.807) is 0 Å². The summed E-state index contributed by atoms with van der Waals surface area (Å²) < 4.78 is 0. The molecule has 0 radical (unpaired) electrons. The molecule has 52 heavy (non-hydrogen) atoms. The molecule has 242 valence electrons. The van der Waals surface area contributed by atoms with Gasteiger partial charge in [0.15, 0.2) is 0 Å². The normalized spacial score (nSPS) is 11.5. The summed E-state index contributed by atoms with van der Waals surface area (Å²) in [5, 5.41) is 10.0. The average Bonchev–Trinajstić information content (AvgIpc) is 3.23. The maximum atomic E-state index is 2.42. The molecule has 0 aliphatic rings. The fourth-order valence-electron chi connectivity index (χ4n) is 7.93. The van der Waals surface area contributed by atoms with E-state index in [2.05, 4.69) is 206 Å². The Bertz CT molecular complexity index is 2920. The topological polar surface area (TPSA) is 0 Å². The molecule has 0 unspecified atom stereocenters. The summed E-state index contributed by atoms with van der Waals surface area (Å²) in [6, 6.07) is 75.7. The van der Waals surface area contributed by atoms with Gasteiger partial charge in [0.2, 0.25) is 0 Å². The number of benzene rings is 10. The molecule has 0 saturated heterocycles. The lowest BCUT2D eigenvalue weighted by atomic mass is 9.87. The highest BCUT2D eigenvalue weighted by Gasteiger charge is 2.15. The van der Waals surface area contributed by atoms with Gasteiger partial charge in [-0.15, -0.1) is 0 Å². The molecule has 0 amide bonds. The van der Waals surface area contributed by atoms with Crippen LogP contribution in [-0.4, -0.2) is 0 Å². The summed E-state index contributed by atoms with van der Waals surface area (Å²) in [7, 11) is 0. The zero-order valence-corrected chi connectivity index (χ0v) is 28.6.